The quantitative estimate of drug-likeness (QED) is 0.774. The molecule has 8 heteroatoms. The number of ether oxygens (including phenoxy) is 1. The van der Waals surface area contributed by atoms with Gasteiger partial charge in [0, 0.05) is 65.1 Å². The van der Waals surface area contributed by atoms with Gasteiger partial charge in [0.1, 0.15) is 0 Å². The Kier molecular flexibility index (Phi) is 5.62. The third-order valence-corrected chi connectivity index (χ3v) is 7.13. The summed E-state index contributed by atoms with van der Waals surface area (Å²) in [7, 11) is -0.328. The normalized spacial score (nSPS) is 20.4. The molecule has 0 radical (unpaired) electrons. The Morgan fingerprint density at radius 3 is 2.52 bits per heavy atom. The van der Waals surface area contributed by atoms with Crippen LogP contribution in [0.3, 0.4) is 0 Å². The van der Waals surface area contributed by atoms with Crippen molar-refractivity contribution in [2.45, 2.75) is 32.2 Å². The van der Waals surface area contributed by atoms with E-state index in [9.17, 15) is 13.2 Å². The number of hydrogen-bond acceptors (Lipinski definition) is 4. The monoisotopic (exact) mass is 369 g/mol. The van der Waals surface area contributed by atoms with Crippen LogP contribution in [0.5, 0.6) is 0 Å². The van der Waals surface area contributed by atoms with Crippen molar-refractivity contribution in [2.75, 3.05) is 40.4 Å². The lowest BCUT2D eigenvalue weighted by molar-refractivity contribution is 0.0606. The topological polar surface area (TPSA) is 71.9 Å². The van der Waals surface area contributed by atoms with Gasteiger partial charge in [0.25, 0.3) is 15.8 Å². The number of fused-ring (bicyclic) bond motifs is 1. The summed E-state index contributed by atoms with van der Waals surface area (Å²) in [4.78, 5) is 12.5. The molecule has 0 N–H and O–H groups in total. The molecule has 0 saturated carbocycles. The van der Waals surface area contributed by atoms with E-state index in [4.69, 9.17) is 4.74 Å². The molecule has 0 amide bonds. The van der Waals surface area contributed by atoms with Gasteiger partial charge in [-0.3, -0.25) is 4.79 Å². The van der Waals surface area contributed by atoms with E-state index in [0.29, 0.717) is 38.4 Å². The number of aromatic nitrogens is 1. The van der Waals surface area contributed by atoms with E-state index in [1.165, 1.54) is 8.61 Å². The van der Waals surface area contributed by atoms with Crippen molar-refractivity contribution >= 4 is 10.2 Å². The van der Waals surface area contributed by atoms with Gasteiger partial charge < -0.3 is 9.30 Å². The van der Waals surface area contributed by atoms with Gasteiger partial charge in [-0.15, -0.1) is 0 Å². The van der Waals surface area contributed by atoms with Crippen LogP contribution in [-0.4, -0.2) is 62.0 Å². The molecule has 0 bridgehead atoms. The Morgan fingerprint density at radius 1 is 1.16 bits per heavy atom. The van der Waals surface area contributed by atoms with Crippen LogP contribution in [-0.2, 0) is 34.3 Å². The number of pyridine rings is 1. The van der Waals surface area contributed by atoms with Crippen molar-refractivity contribution in [1.82, 2.24) is 13.2 Å². The summed E-state index contributed by atoms with van der Waals surface area (Å²) in [5.41, 5.74) is 2.09. The largest absolute Gasteiger partial charge is 0.381 e. The molecule has 0 unspecified atom stereocenters. The second-order valence-electron chi connectivity index (χ2n) is 7.00. The average Bonchev–Trinajstić information content (AvgIpc) is 2.81. The third kappa shape index (κ3) is 3.97. The van der Waals surface area contributed by atoms with Crippen LogP contribution < -0.4 is 5.56 Å². The lowest BCUT2D eigenvalue weighted by Crippen LogP contribution is -2.41. The van der Waals surface area contributed by atoms with Crippen LogP contribution in [0.25, 0.3) is 0 Å². The SMILES string of the molecule is CN(C)S(=O)(=O)N1CCc2ccc(=O)n(CC3CCOCC3)c2CC1. The molecule has 0 atom stereocenters. The fraction of sp³-hybridized carbons (Fsp3) is 0.706. The van der Waals surface area contributed by atoms with Gasteiger partial charge in [-0.05, 0) is 30.7 Å². The van der Waals surface area contributed by atoms with Gasteiger partial charge in [-0.2, -0.15) is 17.0 Å². The molecule has 3 heterocycles. The van der Waals surface area contributed by atoms with Crippen LogP contribution in [0.4, 0.5) is 0 Å². The number of nitrogens with zero attached hydrogens (tertiary/aromatic N) is 3. The predicted molar refractivity (Wildman–Crippen MR) is 95.8 cm³/mol. The van der Waals surface area contributed by atoms with Crippen LogP contribution in [0, 0.1) is 5.92 Å². The first-order chi connectivity index (χ1) is 11.9. The standard InChI is InChI=1S/C17H27N3O4S/c1-18(2)25(22,23)19-9-5-15-3-4-17(21)20(16(15)6-10-19)13-14-7-11-24-12-8-14/h3-4,14H,5-13H2,1-2H3. The minimum atomic E-state index is -3.43. The summed E-state index contributed by atoms with van der Waals surface area (Å²) >= 11 is 0. The maximum Gasteiger partial charge on any atom is 0.281 e. The van der Waals surface area contributed by atoms with E-state index in [2.05, 4.69) is 0 Å². The second kappa shape index (κ2) is 7.57. The molecule has 140 valence electrons. The summed E-state index contributed by atoms with van der Waals surface area (Å²) in [6, 6.07) is 3.48. The number of hydrogen-bond donors (Lipinski definition) is 0. The summed E-state index contributed by atoms with van der Waals surface area (Å²) in [5, 5.41) is 0. The zero-order chi connectivity index (χ0) is 18.0. The first kappa shape index (κ1) is 18.6. The van der Waals surface area contributed by atoms with Gasteiger partial charge in [-0.25, -0.2) is 0 Å². The van der Waals surface area contributed by atoms with E-state index in [0.717, 1.165) is 37.3 Å². The molecule has 1 fully saturated rings. The second-order valence-corrected chi connectivity index (χ2v) is 9.14. The van der Waals surface area contributed by atoms with Gasteiger partial charge >= 0.3 is 0 Å². The van der Waals surface area contributed by atoms with Gasteiger partial charge in [0.15, 0.2) is 0 Å². The van der Waals surface area contributed by atoms with Gasteiger partial charge in [0.05, 0.1) is 0 Å². The summed E-state index contributed by atoms with van der Waals surface area (Å²) < 4.78 is 34.9. The van der Waals surface area contributed by atoms with Crippen LogP contribution in [0.1, 0.15) is 24.1 Å². The zero-order valence-electron chi connectivity index (χ0n) is 15.0. The minimum Gasteiger partial charge on any atom is -0.381 e. The highest BCUT2D eigenvalue weighted by Crippen LogP contribution is 2.21. The highest BCUT2D eigenvalue weighted by Gasteiger charge is 2.28. The lowest BCUT2D eigenvalue weighted by Gasteiger charge is -2.25. The van der Waals surface area contributed by atoms with Crippen molar-refractivity contribution in [1.29, 1.82) is 0 Å². The maximum atomic E-state index is 12.5. The molecule has 1 saturated heterocycles. The van der Waals surface area contributed by atoms with E-state index >= 15 is 0 Å². The van der Waals surface area contributed by atoms with E-state index in [-0.39, 0.29) is 5.56 Å². The van der Waals surface area contributed by atoms with Crippen molar-refractivity contribution in [2.24, 2.45) is 5.92 Å². The fourth-order valence-electron chi connectivity index (χ4n) is 3.62. The van der Waals surface area contributed by atoms with E-state index < -0.39 is 10.2 Å². The van der Waals surface area contributed by atoms with Gasteiger partial charge in [-0.1, -0.05) is 6.07 Å². The Bertz CT molecular complexity index is 767. The highest BCUT2D eigenvalue weighted by molar-refractivity contribution is 7.86. The summed E-state index contributed by atoms with van der Waals surface area (Å²) in [6.07, 6.45) is 3.15. The highest BCUT2D eigenvalue weighted by atomic mass is 32.2. The van der Waals surface area contributed by atoms with E-state index in [1.54, 1.807) is 20.2 Å². The molecular formula is C17H27N3O4S. The molecule has 25 heavy (non-hydrogen) atoms. The smallest absolute Gasteiger partial charge is 0.281 e. The molecule has 1 aromatic heterocycles. The molecular weight excluding hydrogens is 342 g/mol. The van der Waals surface area contributed by atoms with Crippen LogP contribution in [0.15, 0.2) is 16.9 Å². The molecule has 1 aromatic rings. The molecule has 0 aliphatic carbocycles. The minimum absolute atomic E-state index is 0.00848. The fourth-order valence-corrected chi connectivity index (χ4v) is 4.73. The van der Waals surface area contributed by atoms with Gasteiger partial charge in [0.2, 0.25) is 0 Å². The van der Waals surface area contributed by atoms with Crippen LogP contribution in [0.2, 0.25) is 0 Å². The van der Waals surface area contributed by atoms with Crippen molar-refractivity contribution in [3.63, 3.8) is 0 Å². The molecule has 2 aliphatic rings. The Labute approximate surface area is 149 Å². The molecule has 2 aliphatic heterocycles. The number of rotatable bonds is 4. The summed E-state index contributed by atoms with van der Waals surface area (Å²) in [5.74, 6) is 0.447. The molecule has 0 spiro atoms. The Balaban J connectivity index is 1.85. The molecule has 0 aromatic carbocycles. The third-order valence-electron chi connectivity index (χ3n) is 5.19. The van der Waals surface area contributed by atoms with Crippen molar-refractivity contribution < 1.29 is 13.2 Å². The average molecular weight is 369 g/mol. The first-order valence-corrected chi connectivity index (χ1v) is 10.3. The molecule has 7 nitrogen and oxygen atoms in total. The van der Waals surface area contributed by atoms with E-state index in [1.807, 2.05) is 10.6 Å². The predicted octanol–water partition coefficient (Wildman–Crippen LogP) is 0.482. The lowest BCUT2D eigenvalue weighted by atomic mass is 9.99. The maximum absolute atomic E-state index is 12.5. The van der Waals surface area contributed by atoms with Crippen LogP contribution >= 0.6 is 0 Å². The molecule has 3 rings (SSSR count). The van der Waals surface area contributed by atoms with Crippen molar-refractivity contribution in [3.8, 4) is 0 Å². The van der Waals surface area contributed by atoms with Crippen molar-refractivity contribution in [3.05, 3.63) is 33.7 Å². The summed E-state index contributed by atoms with van der Waals surface area (Å²) in [6.45, 7) is 3.06. The zero-order valence-corrected chi connectivity index (χ0v) is 15.8. The first-order valence-electron chi connectivity index (χ1n) is 8.86. The Hall–Kier alpha value is -1.22. The Morgan fingerprint density at radius 2 is 1.84 bits per heavy atom.